The molecule has 0 aromatic heterocycles. The molecule has 1 aliphatic carbocycles. The van der Waals surface area contributed by atoms with Crippen LogP contribution in [0.2, 0.25) is 0 Å². The molecule has 1 aliphatic heterocycles. The van der Waals surface area contributed by atoms with Crippen LogP contribution < -0.4 is 0 Å². The number of aliphatic hydroxyl groups excluding tert-OH is 4. The summed E-state index contributed by atoms with van der Waals surface area (Å²) < 4.78 is 11.4. The van der Waals surface area contributed by atoms with Crippen molar-refractivity contribution < 1.29 is 34.7 Å². The highest BCUT2D eigenvalue weighted by Gasteiger charge is 2.45. The van der Waals surface area contributed by atoms with E-state index in [2.05, 4.69) is 115 Å². The van der Waals surface area contributed by atoms with E-state index in [1.54, 1.807) is 0 Å². The first-order valence-electron chi connectivity index (χ1n) is 18.8. The Morgan fingerprint density at radius 2 is 1.30 bits per heavy atom. The highest BCUT2D eigenvalue weighted by atomic mass is 16.7. The molecule has 3 unspecified atom stereocenters. The Labute approximate surface area is 319 Å². The summed E-state index contributed by atoms with van der Waals surface area (Å²) in [6.45, 7) is 20.0. The molecule has 7 nitrogen and oxygen atoms in total. The average Bonchev–Trinajstić information content (AvgIpc) is 3.08. The van der Waals surface area contributed by atoms with E-state index in [0.29, 0.717) is 12.8 Å². The van der Waals surface area contributed by atoms with Crippen LogP contribution in [0, 0.1) is 5.41 Å². The van der Waals surface area contributed by atoms with E-state index >= 15 is 0 Å². The molecule has 7 heteroatoms. The van der Waals surface area contributed by atoms with Gasteiger partial charge in [-0.05, 0) is 97.6 Å². The molecule has 0 saturated carbocycles. The van der Waals surface area contributed by atoms with Gasteiger partial charge in [0.1, 0.15) is 24.4 Å². The predicted molar refractivity (Wildman–Crippen MR) is 218 cm³/mol. The summed E-state index contributed by atoms with van der Waals surface area (Å²) in [5.41, 5.74) is 7.20. The summed E-state index contributed by atoms with van der Waals surface area (Å²) in [7, 11) is 0. The van der Waals surface area contributed by atoms with Gasteiger partial charge in [0.15, 0.2) is 12.1 Å². The molecule has 0 aromatic rings. The number of carbonyl (C=O) groups is 1. The Morgan fingerprint density at radius 1 is 0.792 bits per heavy atom. The van der Waals surface area contributed by atoms with E-state index in [1.165, 1.54) is 5.57 Å². The van der Waals surface area contributed by atoms with Crippen molar-refractivity contribution >= 4 is 5.78 Å². The van der Waals surface area contributed by atoms with Crippen molar-refractivity contribution in [2.45, 2.75) is 138 Å². The monoisotopic (exact) mass is 730 g/mol. The maximum absolute atomic E-state index is 12.2. The lowest BCUT2D eigenvalue weighted by molar-refractivity contribution is -0.323. The van der Waals surface area contributed by atoms with E-state index in [-0.39, 0.29) is 11.2 Å². The normalized spacial score (nSPS) is 26.2. The molecule has 0 amide bonds. The van der Waals surface area contributed by atoms with Crippen molar-refractivity contribution in [1.82, 2.24) is 0 Å². The van der Waals surface area contributed by atoms with Gasteiger partial charge < -0.3 is 29.9 Å². The molecule has 53 heavy (non-hydrogen) atoms. The molecule has 0 radical (unpaired) electrons. The topological polar surface area (TPSA) is 116 Å². The van der Waals surface area contributed by atoms with E-state index in [0.717, 1.165) is 52.7 Å². The van der Waals surface area contributed by atoms with Gasteiger partial charge in [-0.1, -0.05) is 133 Å². The fourth-order valence-corrected chi connectivity index (χ4v) is 6.09. The SMILES string of the molecule is CC1=C(/C=C/C(C)=C/C=C/C(C)=C/C=C/C=C(C)/C=C/C=C(C)/C=C/C=C(\C)CCCC(C)(C)O[C@@H]2OC(CO)[C@@H](O)C(O)C2O)C(C)(C)CCC1=O. The Bertz CT molecular complexity index is 1570. The number of ketones is 1. The number of ether oxygens (including phenoxy) is 2. The number of aliphatic hydroxyl groups is 4. The largest absolute Gasteiger partial charge is 0.394 e. The van der Waals surface area contributed by atoms with Gasteiger partial charge in [0.2, 0.25) is 0 Å². The second kappa shape index (κ2) is 22.1. The molecule has 1 fully saturated rings. The summed E-state index contributed by atoms with van der Waals surface area (Å²) in [5, 5.41) is 39.7. The Balaban J connectivity index is 1.79. The Morgan fingerprint density at radius 3 is 1.85 bits per heavy atom. The van der Waals surface area contributed by atoms with Crippen molar-refractivity contribution in [3.63, 3.8) is 0 Å². The van der Waals surface area contributed by atoms with Crippen LogP contribution in [0.15, 0.2) is 130 Å². The van der Waals surface area contributed by atoms with Crippen LogP contribution in [-0.4, -0.2) is 69.1 Å². The van der Waals surface area contributed by atoms with Gasteiger partial charge in [-0.3, -0.25) is 4.79 Å². The second-order valence-corrected chi connectivity index (χ2v) is 15.7. The molecule has 0 aromatic carbocycles. The summed E-state index contributed by atoms with van der Waals surface area (Å²) >= 11 is 0. The highest BCUT2D eigenvalue weighted by Crippen LogP contribution is 2.39. The summed E-state index contributed by atoms with van der Waals surface area (Å²) in [5.74, 6) is 0.260. The van der Waals surface area contributed by atoms with Crippen LogP contribution in [0.4, 0.5) is 0 Å². The van der Waals surface area contributed by atoms with Crippen LogP contribution in [0.1, 0.15) is 101 Å². The molecule has 1 saturated heterocycles. The van der Waals surface area contributed by atoms with Gasteiger partial charge in [0.05, 0.1) is 12.2 Å². The zero-order chi connectivity index (χ0) is 39.8. The fraction of sp³-hybridized carbons (Fsp3) is 0.500. The molecule has 1 heterocycles. The number of hydrogen-bond donors (Lipinski definition) is 4. The minimum atomic E-state index is -1.45. The van der Waals surface area contributed by atoms with Gasteiger partial charge in [-0.25, -0.2) is 0 Å². The van der Waals surface area contributed by atoms with Crippen molar-refractivity contribution in [2.24, 2.45) is 5.41 Å². The second-order valence-electron chi connectivity index (χ2n) is 15.7. The predicted octanol–water partition coefficient (Wildman–Crippen LogP) is 8.97. The summed E-state index contributed by atoms with van der Waals surface area (Å²) in [6, 6.07) is 0. The van der Waals surface area contributed by atoms with Crippen molar-refractivity contribution in [3.05, 3.63) is 130 Å². The first-order chi connectivity index (χ1) is 24.9. The number of carbonyl (C=O) groups excluding carboxylic acids is 1. The van der Waals surface area contributed by atoms with E-state index in [1.807, 2.05) is 45.1 Å². The number of hydrogen-bond acceptors (Lipinski definition) is 7. The summed E-state index contributed by atoms with van der Waals surface area (Å²) in [6.07, 6.45) is 28.6. The minimum Gasteiger partial charge on any atom is -0.394 e. The standard InChI is InChI=1S/C46H66O7/c1-32(17-11-12-18-33(2)20-15-24-36(5)26-27-38-37(6)39(48)28-30-45(38,7)8)19-13-21-34(3)22-14-23-35(4)25-16-29-46(9,10)53-44-43(51)42(50)41(49)40(31-47)52-44/h11-15,17-24,26-27,40-44,47,49-51H,16,25,28-31H2,1-10H3/b12-11+,19-13+,20-15+,22-14+,27-26+,32-17+,33-18+,34-21+,35-23+,36-24+/t40?,41-,42?,43?,44+/m1/s1. The van der Waals surface area contributed by atoms with Crippen molar-refractivity contribution in [2.75, 3.05) is 6.61 Å². The quantitative estimate of drug-likeness (QED) is 0.110. The van der Waals surface area contributed by atoms with Crippen molar-refractivity contribution in [1.29, 1.82) is 0 Å². The zero-order valence-electron chi connectivity index (χ0n) is 33.8. The van der Waals surface area contributed by atoms with Gasteiger partial charge in [-0.2, -0.15) is 0 Å². The third kappa shape index (κ3) is 16.2. The molecule has 4 N–H and O–H groups in total. The van der Waals surface area contributed by atoms with Gasteiger partial charge in [-0.15, -0.1) is 0 Å². The molecule has 2 aliphatic rings. The van der Waals surface area contributed by atoms with Gasteiger partial charge in [0, 0.05) is 6.42 Å². The van der Waals surface area contributed by atoms with E-state index < -0.39 is 42.9 Å². The minimum absolute atomic E-state index is 0.0248. The van der Waals surface area contributed by atoms with Crippen molar-refractivity contribution in [3.8, 4) is 0 Å². The molecule has 292 valence electrons. The highest BCUT2D eigenvalue weighted by molar-refractivity contribution is 5.97. The lowest BCUT2D eigenvalue weighted by Crippen LogP contribution is -2.60. The molecular weight excluding hydrogens is 664 g/mol. The first-order valence-corrected chi connectivity index (χ1v) is 18.8. The number of rotatable bonds is 17. The average molecular weight is 731 g/mol. The zero-order valence-corrected chi connectivity index (χ0v) is 33.8. The molecular formula is C46H66O7. The Hall–Kier alpha value is -3.43. The molecule has 2 rings (SSSR count). The van der Waals surface area contributed by atoms with Crippen LogP contribution in [0.5, 0.6) is 0 Å². The number of allylic oxidation sites excluding steroid dienone is 22. The van der Waals surface area contributed by atoms with Crippen LogP contribution in [0.3, 0.4) is 0 Å². The lowest BCUT2D eigenvalue weighted by Gasteiger charge is -2.42. The summed E-state index contributed by atoms with van der Waals surface area (Å²) in [4.78, 5) is 12.2. The third-order valence-corrected chi connectivity index (χ3v) is 9.68. The first kappa shape index (κ1) is 45.7. The maximum Gasteiger partial charge on any atom is 0.187 e. The van der Waals surface area contributed by atoms with E-state index in [4.69, 9.17) is 9.47 Å². The fourth-order valence-electron chi connectivity index (χ4n) is 6.09. The van der Waals surface area contributed by atoms with Crippen LogP contribution in [0.25, 0.3) is 0 Å². The lowest BCUT2D eigenvalue weighted by atomic mass is 9.72. The maximum atomic E-state index is 12.2. The van der Waals surface area contributed by atoms with Crippen LogP contribution >= 0.6 is 0 Å². The molecule has 0 spiro atoms. The smallest absolute Gasteiger partial charge is 0.187 e. The van der Waals surface area contributed by atoms with E-state index in [9.17, 15) is 25.2 Å². The number of Topliss-reactive ketones (excluding diaryl/α,β-unsaturated/α-hetero) is 1. The third-order valence-electron chi connectivity index (χ3n) is 9.68. The Kier molecular flexibility index (Phi) is 19.0. The van der Waals surface area contributed by atoms with Crippen LogP contribution in [-0.2, 0) is 14.3 Å². The van der Waals surface area contributed by atoms with Gasteiger partial charge >= 0.3 is 0 Å². The van der Waals surface area contributed by atoms with Gasteiger partial charge in [0.25, 0.3) is 0 Å². The molecule has 5 atom stereocenters. The molecule has 0 bridgehead atoms.